The van der Waals surface area contributed by atoms with Crippen LogP contribution in [0.25, 0.3) is 0 Å². The zero-order valence-corrected chi connectivity index (χ0v) is 10.8. The van der Waals surface area contributed by atoms with Crippen LogP contribution in [0, 0.1) is 0 Å². The van der Waals surface area contributed by atoms with Crippen LogP contribution in [0.3, 0.4) is 0 Å². The molecule has 0 aliphatic heterocycles. The van der Waals surface area contributed by atoms with Crippen LogP contribution in [0.1, 0.15) is 20.8 Å². The van der Waals surface area contributed by atoms with Gasteiger partial charge in [-0.25, -0.2) is 13.2 Å². The summed E-state index contributed by atoms with van der Waals surface area (Å²) in [5.74, 6) is 0.0626. The average molecular weight is 252 g/mol. The summed E-state index contributed by atoms with van der Waals surface area (Å²) >= 11 is 0. The summed E-state index contributed by atoms with van der Waals surface area (Å²) in [4.78, 5) is 10.2. The molecule has 0 rings (SSSR count). The highest BCUT2D eigenvalue weighted by molar-refractivity contribution is 7.92. The molecule has 0 aliphatic rings. The Kier molecular flexibility index (Phi) is 5.74. The molecular formula is C9H20N2O4S. The van der Waals surface area contributed by atoms with E-state index in [0.29, 0.717) is 13.1 Å². The van der Waals surface area contributed by atoms with Crippen molar-refractivity contribution in [3.63, 3.8) is 0 Å². The Morgan fingerprint density at radius 3 is 2.31 bits per heavy atom. The minimum Gasteiger partial charge on any atom is -0.448 e. The fourth-order valence-corrected chi connectivity index (χ4v) is 1.89. The molecule has 0 aromatic rings. The summed E-state index contributed by atoms with van der Waals surface area (Å²) in [5, 5.41) is 2.86. The maximum atomic E-state index is 11.6. The molecule has 0 atom stereocenters. The van der Waals surface area contributed by atoms with E-state index in [0.717, 1.165) is 0 Å². The zero-order valence-electron chi connectivity index (χ0n) is 9.95. The van der Waals surface area contributed by atoms with Crippen molar-refractivity contribution >= 4 is 15.9 Å². The first-order valence-corrected chi connectivity index (χ1v) is 6.67. The summed E-state index contributed by atoms with van der Waals surface area (Å²) in [7, 11) is -3.10. The second-order valence-corrected chi connectivity index (χ2v) is 7.21. The predicted octanol–water partition coefficient (Wildman–Crippen LogP) is -0.115. The van der Waals surface area contributed by atoms with Crippen LogP contribution in [0.4, 0.5) is 4.79 Å². The molecule has 16 heavy (non-hydrogen) atoms. The lowest BCUT2D eigenvalue weighted by Crippen LogP contribution is -2.35. The highest BCUT2D eigenvalue weighted by atomic mass is 32.2. The van der Waals surface area contributed by atoms with E-state index < -0.39 is 20.7 Å². The number of hydrogen-bond donors (Lipinski definition) is 2. The van der Waals surface area contributed by atoms with Gasteiger partial charge in [0.2, 0.25) is 0 Å². The molecule has 0 spiro atoms. The molecule has 0 bridgehead atoms. The Morgan fingerprint density at radius 2 is 1.88 bits per heavy atom. The van der Waals surface area contributed by atoms with E-state index in [2.05, 4.69) is 10.1 Å². The molecule has 96 valence electrons. The molecule has 1 amide bonds. The summed E-state index contributed by atoms with van der Waals surface area (Å²) in [6.45, 7) is 5.87. The lowest BCUT2D eigenvalue weighted by atomic mass is 10.3. The Balaban J connectivity index is 3.72. The van der Waals surface area contributed by atoms with Crippen LogP contribution in [0.2, 0.25) is 0 Å². The van der Waals surface area contributed by atoms with Gasteiger partial charge in [0.15, 0.2) is 9.84 Å². The van der Waals surface area contributed by atoms with Gasteiger partial charge < -0.3 is 15.8 Å². The van der Waals surface area contributed by atoms with Gasteiger partial charge in [-0.2, -0.15) is 0 Å². The van der Waals surface area contributed by atoms with Gasteiger partial charge in [-0.05, 0) is 20.8 Å². The summed E-state index contributed by atoms with van der Waals surface area (Å²) in [5.41, 5.74) is 4.75. The molecule has 0 saturated carbocycles. The van der Waals surface area contributed by atoms with E-state index in [1.54, 1.807) is 20.8 Å². The van der Waals surface area contributed by atoms with Gasteiger partial charge in [-0.3, -0.25) is 0 Å². The van der Waals surface area contributed by atoms with Crippen molar-refractivity contribution in [2.45, 2.75) is 25.5 Å². The minimum atomic E-state index is -3.10. The summed E-state index contributed by atoms with van der Waals surface area (Å²) in [6, 6.07) is 0. The fraction of sp³-hybridized carbons (Fsp3) is 0.889. The van der Waals surface area contributed by atoms with E-state index in [1.807, 2.05) is 0 Å². The van der Waals surface area contributed by atoms with Crippen LogP contribution in [-0.2, 0) is 14.6 Å². The number of primary amides is 1. The van der Waals surface area contributed by atoms with Crippen molar-refractivity contribution in [3.8, 4) is 0 Å². The Morgan fingerprint density at radius 1 is 1.31 bits per heavy atom. The molecule has 6 nitrogen and oxygen atoms in total. The van der Waals surface area contributed by atoms with Gasteiger partial charge in [-0.1, -0.05) is 0 Å². The molecule has 0 aromatic carbocycles. The normalized spacial score (nSPS) is 12.4. The van der Waals surface area contributed by atoms with Crippen LogP contribution in [-0.4, -0.2) is 44.7 Å². The number of carbonyl (C=O) groups is 1. The maximum Gasteiger partial charge on any atom is 0.404 e. The zero-order chi connectivity index (χ0) is 12.8. The Labute approximate surface area is 96.4 Å². The summed E-state index contributed by atoms with van der Waals surface area (Å²) in [6.07, 6.45) is -0.830. The first kappa shape index (κ1) is 15.2. The third kappa shape index (κ3) is 5.92. The molecule has 0 heterocycles. The lowest BCUT2D eigenvalue weighted by Gasteiger charge is -2.19. The van der Waals surface area contributed by atoms with Gasteiger partial charge in [0.1, 0.15) is 6.61 Å². The van der Waals surface area contributed by atoms with E-state index in [-0.39, 0.29) is 12.4 Å². The molecule has 0 aromatic heterocycles. The van der Waals surface area contributed by atoms with Gasteiger partial charge in [0, 0.05) is 13.1 Å². The quantitative estimate of drug-likeness (QED) is 0.642. The van der Waals surface area contributed by atoms with Crippen LogP contribution < -0.4 is 11.1 Å². The number of hydrogen-bond acceptors (Lipinski definition) is 5. The van der Waals surface area contributed by atoms with E-state index in [4.69, 9.17) is 5.73 Å². The van der Waals surface area contributed by atoms with E-state index in [1.165, 1.54) is 0 Å². The Bertz CT molecular complexity index is 319. The van der Waals surface area contributed by atoms with Crippen LogP contribution >= 0.6 is 0 Å². The number of sulfone groups is 1. The maximum absolute atomic E-state index is 11.6. The lowest BCUT2D eigenvalue weighted by molar-refractivity contribution is 0.157. The number of rotatable bonds is 6. The molecule has 0 aliphatic carbocycles. The van der Waals surface area contributed by atoms with Crippen molar-refractivity contribution in [3.05, 3.63) is 0 Å². The summed E-state index contributed by atoms with van der Waals surface area (Å²) < 4.78 is 27.0. The third-order valence-electron chi connectivity index (χ3n) is 2.00. The topological polar surface area (TPSA) is 98.5 Å². The Hall–Kier alpha value is -0.820. The van der Waals surface area contributed by atoms with Crippen molar-refractivity contribution in [1.82, 2.24) is 5.32 Å². The predicted molar refractivity (Wildman–Crippen MR) is 61.9 cm³/mol. The van der Waals surface area contributed by atoms with E-state index in [9.17, 15) is 13.2 Å². The highest BCUT2D eigenvalue weighted by Crippen LogP contribution is 2.14. The first-order valence-electron chi connectivity index (χ1n) is 5.02. The van der Waals surface area contributed by atoms with E-state index >= 15 is 0 Å². The third-order valence-corrected chi connectivity index (χ3v) is 4.61. The number of ether oxygens (including phenoxy) is 1. The smallest absolute Gasteiger partial charge is 0.404 e. The molecule has 7 heteroatoms. The van der Waals surface area contributed by atoms with Gasteiger partial charge in [-0.15, -0.1) is 0 Å². The molecule has 0 radical (unpaired) electrons. The van der Waals surface area contributed by atoms with Crippen LogP contribution in [0.15, 0.2) is 0 Å². The molecular weight excluding hydrogens is 232 g/mol. The van der Waals surface area contributed by atoms with Gasteiger partial charge in [0.25, 0.3) is 0 Å². The molecule has 0 fully saturated rings. The first-order chi connectivity index (χ1) is 7.17. The van der Waals surface area contributed by atoms with Gasteiger partial charge in [0.05, 0.1) is 10.5 Å². The molecule has 0 saturated heterocycles. The largest absolute Gasteiger partial charge is 0.448 e. The number of nitrogens with one attached hydrogen (secondary N) is 1. The van der Waals surface area contributed by atoms with Gasteiger partial charge >= 0.3 is 6.09 Å². The monoisotopic (exact) mass is 252 g/mol. The van der Waals surface area contributed by atoms with Crippen LogP contribution in [0.5, 0.6) is 0 Å². The van der Waals surface area contributed by atoms with Crippen molar-refractivity contribution in [2.75, 3.05) is 25.4 Å². The van der Waals surface area contributed by atoms with Crippen molar-refractivity contribution in [2.24, 2.45) is 5.73 Å². The SMILES string of the molecule is CC(C)(C)S(=O)(=O)CCNCCOC(N)=O. The number of amides is 1. The molecule has 0 unspecified atom stereocenters. The van der Waals surface area contributed by atoms with Crippen molar-refractivity contribution < 1.29 is 17.9 Å². The fourth-order valence-electron chi connectivity index (χ4n) is 0.862. The second-order valence-electron chi connectivity index (χ2n) is 4.35. The molecule has 3 N–H and O–H groups in total. The minimum absolute atomic E-state index is 0.0626. The standard InChI is InChI=1S/C9H20N2O4S/c1-9(2,3)16(13,14)7-5-11-4-6-15-8(10)12/h11H,4-7H2,1-3H3,(H2,10,12). The highest BCUT2D eigenvalue weighted by Gasteiger charge is 2.27. The van der Waals surface area contributed by atoms with Crippen molar-refractivity contribution in [1.29, 1.82) is 0 Å². The number of carbonyl (C=O) groups excluding carboxylic acids is 1. The second kappa shape index (κ2) is 6.05. The number of nitrogens with two attached hydrogens (primary N) is 1. The average Bonchev–Trinajstić information content (AvgIpc) is 2.08.